The van der Waals surface area contributed by atoms with Crippen LogP contribution in [0.2, 0.25) is 0 Å². The Morgan fingerprint density at radius 1 is 0.938 bits per heavy atom. The lowest BCUT2D eigenvalue weighted by molar-refractivity contribution is 0.169. The normalized spacial score (nSPS) is 37.2. The molecule has 0 aromatic rings. The molecule has 1 nitrogen and oxygen atoms in total. The van der Waals surface area contributed by atoms with Crippen molar-refractivity contribution in [2.75, 3.05) is 14.1 Å². The summed E-state index contributed by atoms with van der Waals surface area (Å²) >= 11 is 6.84. The molecule has 2 atom stereocenters. The van der Waals surface area contributed by atoms with E-state index in [-0.39, 0.29) is 10.4 Å². The average molecular weight is 236 g/mol. The molecule has 0 saturated carbocycles. The van der Waals surface area contributed by atoms with Crippen molar-refractivity contribution in [2.24, 2.45) is 0 Å². The Bertz CT molecular complexity index is 378. The van der Waals surface area contributed by atoms with Crippen LogP contribution in [0.1, 0.15) is 12.8 Å². The zero-order valence-corrected chi connectivity index (χ0v) is 10.6. The van der Waals surface area contributed by atoms with Gasteiger partial charge in [-0.15, -0.1) is 11.6 Å². The topological polar surface area (TPSA) is 3.24 Å². The Kier molecular flexibility index (Phi) is 3.09. The minimum Gasteiger partial charge on any atom is -0.298 e. The fraction of sp³-hybridized carbons (Fsp3) is 0.429. The molecule has 0 saturated heterocycles. The van der Waals surface area contributed by atoms with Gasteiger partial charge in [0.15, 0.2) is 0 Å². The number of halogens is 1. The monoisotopic (exact) mass is 235 g/mol. The molecule has 0 fully saturated rings. The smallest absolute Gasteiger partial charge is 0.0885 e. The van der Waals surface area contributed by atoms with Gasteiger partial charge in [-0.05, 0) is 26.9 Å². The third-order valence-corrected chi connectivity index (χ3v) is 4.20. The molecule has 2 aliphatic carbocycles. The molecule has 2 unspecified atom stereocenters. The van der Waals surface area contributed by atoms with E-state index in [1.807, 2.05) is 6.08 Å². The highest BCUT2D eigenvalue weighted by Crippen LogP contribution is 2.44. The summed E-state index contributed by atoms with van der Waals surface area (Å²) < 4.78 is 0. The summed E-state index contributed by atoms with van der Waals surface area (Å²) in [6.45, 7) is 0. The number of likely N-dealkylation sites (N-methyl/N-ethyl adjacent to an activating group) is 1. The molecule has 0 aliphatic heterocycles. The Morgan fingerprint density at radius 3 is 2.00 bits per heavy atom. The summed E-state index contributed by atoms with van der Waals surface area (Å²) in [5, 5.41) is 0. The van der Waals surface area contributed by atoms with Crippen LogP contribution in [0.15, 0.2) is 48.6 Å². The lowest BCUT2D eigenvalue weighted by Crippen LogP contribution is -2.57. The van der Waals surface area contributed by atoms with Gasteiger partial charge in [-0.25, -0.2) is 0 Å². The summed E-state index contributed by atoms with van der Waals surface area (Å²) in [7, 11) is 4.19. The van der Waals surface area contributed by atoms with Crippen molar-refractivity contribution in [3.05, 3.63) is 48.6 Å². The van der Waals surface area contributed by atoms with Crippen LogP contribution >= 0.6 is 11.6 Å². The summed E-state index contributed by atoms with van der Waals surface area (Å²) in [4.78, 5) is 1.88. The number of hydrogen-bond acceptors (Lipinski definition) is 1. The molecule has 0 bridgehead atoms. The fourth-order valence-electron chi connectivity index (χ4n) is 2.54. The van der Waals surface area contributed by atoms with Crippen molar-refractivity contribution < 1.29 is 0 Å². The van der Waals surface area contributed by atoms with Crippen molar-refractivity contribution in [1.29, 1.82) is 0 Å². The molecule has 0 aromatic carbocycles. The molecule has 2 aliphatic rings. The highest BCUT2D eigenvalue weighted by atomic mass is 35.5. The van der Waals surface area contributed by atoms with E-state index in [1.54, 1.807) is 0 Å². The average Bonchev–Trinajstić information content (AvgIpc) is 2.30. The number of nitrogens with zero attached hydrogens (tertiary/aromatic N) is 1. The lowest BCUT2D eigenvalue weighted by atomic mass is 9.74. The van der Waals surface area contributed by atoms with Crippen molar-refractivity contribution in [1.82, 2.24) is 4.90 Å². The number of rotatable bonds is 2. The van der Waals surface area contributed by atoms with Gasteiger partial charge in [-0.2, -0.15) is 0 Å². The first kappa shape index (κ1) is 11.7. The van der Waals surface area contributed by atoms with Gasteiger partial charge in [0.1, 0.15) is 0 Å². The third-order valence-electron chi connectivity index (χ3n) is 3.59. The van der Waals surface area contributed by atoms with E-state index in [2.05, 4.69) is 61.5 Å². The van der Waals surface area contributed by atoms with E-state index in [1.165, 1.54) is 0 Å². The Morgan fingerprint density at radius 2 is 1.56 bits per heavy atom. The molecule has 16 heavy (non-hydrogen) atoms. The molecule has 0 radical (unpaired) electrons. The largest absolute Gasteiger partial charge is 0.298 e. The SMILES string of the molecule is CN(C)C1(C2(Cl)C=CC=CC2)C=CC=CC1. The van der Waals surface area contributed by atoms with Crippen LogP contribution in [0.5, 0.6) is 0 Å². The van der Waals surface area contributed by atoms with E-state index in [4.69, 9.17) is 11.6 Å². The maximum Gasteiger partial charge on any atom is 0.0885 e. The standard InChI is InChI=1S/C14H18ClN/c1-16(2)14(11-7-4-8-12-14)13(15)9-5-3-6-10-13/h3-9,11H,10,12H2,1-2H3. The van der Waals surface area contributed by atoms with Crippen LogP contribution in [-0.2, 0) is 0 Å². The van der Waals surface area contributed by atoms with Crippen LogP contribution in [0, 0.1) is 0 Å². The summed E-state index contributed by atoms with van der Waals surface area (Å²) in [6, 6.07) is 0. The van der Waals surface area contributed by atoms with Gasteiger partial charge in [0, 0.05) is 0 Å². The van der Waals surface area contributed by atoms with Crippen molar-refractivity contribution in [3.8, 4) is 0 Å². The first-order valence-electron chi connectivity index (χ1n) is 5.66. The second-order valence-corrected chi connectivity index (χ2v) is 5.34. The minimum absolute atomic E-state index is 0.120. The molecule has 0 heterocycles. The van der Waals surface area contributed by atoms with Crippen LogP contribution in [-0.4, -0.2) is 29.4 Å². The molecule has 0 amide bonds. The van der Waals surface area contributed by atoms with Gasteiger partial charge in [0.25, 0.3) is 0 Å². The van der Waals surface area contributed by atoms with Crippen molar-refractivity contribution in [3.63, 3.8) is 0 Å². The molecule has 0 N–H and O–H groups in total. The van der Waals surface area contributed by atoms with Crippen LogP contribution in [0.3, 0.4) is 0 Å². The lowest BCUT2D eigenvalue weighted by Gasteiger charge is -2.49. The number of alkyl halides is 1. The molecule has 0 spiro atoms. The third kappa shape index (κ3) is 1.68. The van der Waals surface area contributed by atoms with E-state index in [0.29, 0.717) is 0 Å². The minimum atomic E-state index is -0.341. The van der Waals surface area contributed by atoms with E-state index < -0.39 is 0 Å². The van der Waals surface area contributed by atoms with Crippen molar-refractivity contribution >= 4 is 11.6 Å². The molecule has 86 valence electrons. The van der Waals surface area contributed by atoms with E-state index >= 15 is 0 Å². The van der Waals surface area contributed by atoms with Gasteiger partial charge in [-0.1, -0.05) is 48.6 Å². The Balaban J connectivity index is 2.40. The molecule has 0 aromatic heterocycles. The summed E-state index contributed by atoms with van der Waals surface area (Å²) in [6.07, 6.45) is 18.8. The second-order valence-electron chi connectivity index (χ2n) is 4.66. The predicted octanol–water partition coefficient (Wildman–Crippen LogP) is 3.30. The summed E-state index contributed by atoms with van der Waals surface area (Å²) in [5.74, 6) is 0. The first-order chi connectivity index (χ1) is 7.61. The maximum atomic E-state index is 6.84. The molecular weight excluding hydrogens is 218 g/mol. The summed E-state index contributed by atoms with van der Waals surface area (Å²) in [5.41, 5.74) is -0.120. The van der Waals surface area contributed by atoms with Gasteiger partial charge in [0.2, 0.25) is 0 Å². The molecule has 2 heteroatoms. The number of hydrogen-bond donors (Lipinski definition) is 0. The second kappa shape index (κ2) is 4.23. The van der Waals surface area contributed by atoms with Crippen LogP contribution < -0.4 is 0 Å². The van der Waals surface area contributed by atoms with Gasteiger partial charge in [0.05, 0.1) is 10.4 Å². The first-order valence-corrected chi connectivity index (χ1v) is 6.04. The zero-order chi connectivity index (χ0) is 11.6. The molecule has 2 rings (SSSR count). The van der Waals surface area contributed by atoms with Gasteiger partial charge >= 0.3 is 0 Å². The Hall–Kier alpha value is -0.790. The highest BCUT2D eigenvalue weighted by molar-refractivity contribution is 6.26. The van der Waals surface area contributed by atoms with E-state index in [0.717, 1.165) is 12.8 Å². The number of allylic oxidation sites excluding steroid dienone is 5. The van der Waals surface area contributed by atoms with Gasteiger partial charge < -0.3 is 0 Å². The van der Waals surface area contributed by atoms with Crippen molar-refractivity contribution in [2.45, 2.75) is 23.3 Å². The predicted molar refractivity (Wildman–Crippen MR) is 70.8 cm³/mol. The van der Waals surface area contributed by atoms with Crippen LogP contribution in [0.4, 0.5) is 0 Å². The Labute approximate surface area is 103 Å². The van der Waals surface area contributed by atoms with E-state index in [9.17, 15) is 0 Å². The maximum absolute atomic E-state index is 6.84. The zero-order valence-electron chi connectivity index (χ0n) is 9.86. The highest BCUT2D eigenvalue weighted by Gasteiger charge is 2.48. The fourth-order valence-corrected chi connectivity index (χ4v) is 3.01. The quantitative estimate of drug-likeness (QED) is 0.664. The van der Waals surface area contributed by atoms with Crippen LogP contribution in [0.25, 0.3) is 0 Å². The molecular formula is C14H18ClN. The van der Waals surface area contributed by atoms with Gasteiger partial charge in [-0.3, -0.25) is 4.90 Å².